The van der Waals surface area contributed by atoms with Crippen LogP contribution >= 0.6 is 34.8 Å². The van der Waals surface area contributed by atoms with Crippen molar-refractivity contribution in [3.63, 3.8) is 0 Å². The Labute approximate surface area is 255 Å². The predicted octanol–water partition coefficient (Wildman–Crippen LogP) is 5.94. The molecule has 0 unspecified atom stereocenters. The fourth-order valence-corrected chi connectivity index (χ4v) is 4.89. The van der Waals surface area contributed by atoms with Gasteiger partial charge in [0.2, 0.25) is 0 Å². The SMILES string of the molecule is Clc1cc(Cl)nc(-c2ccccc2)n1.OC1CCN(c2cc(Cl)nc(-c3ccccc3)n2)CC1.OC1CCNCC1. The first-order chi connectivity index (χ1) is 19.9. The van der Waals surface area contributed by atoms with E-state index in [9.17, 15) is 5.11 Å². The van der Waals surface area contributed by atoms with E-state index in [1.54, 1.807) is 6.07 Å². The van der Waals surface area contributed by atoms with Crippen LogP contribution in [0.25, 0.3) is 22.8 Å². The molecule has 11 heteroatoms. The minimum absolute atomic E-state index is 0.0266. The summed E-state index contributed by atoms with van der Waals surface area (Å²) >= 11 is 17.6. The van der Waals surface area contributed by atoms with Gasteiger partial charge in [0.1, 0.15) is 21.3 Å². The second-order valence-electron chi connectivity index (χ2n) is 9.64. The number of benzene rings is 2. The molecule has 4 aromatic rings. The Morgan fingerprint density at radius 2 is 1.05 bits per heavy atom. The van der Waals surface area contributed by atoms with Gasteiger partial charge >= 0.3 is 0 Å². The van der Waals surface area contributed by atoms with E-state index in [0.717, 1.165) is 68.8 Å². The number of nitrogens with zero attached hydrogens (tertiary/aromatic N) is 5. The van der Waals surface area contributed by atoms with Crippen LogP contribution < -0.4 is 10.2 Å². The summed E-state index contributed by atoms with van der Waals surface area (Å²) in [5, 5.41) is 22.7. The molecule has 41 heavy (non-hydrogen) atoms. The summed E-state index contributed by atoms with van der Waals surface area (Å²) < 4.78 is 0. The lowest BCUT2D eigenvalue weighted by Crippen LogP contribution is -2.36. The zero-order valence-electron chi connectivity index (χ0n) is 22.5. The van der Waals surface area contributed by atoms with Crippen molar-refractivity contribution < 1.29 is 10.2 Å². The van der Waals surface area contributed by atoms with Crippen LogP contribution in [-0.2, 0) is 0 Å². The van der Waals surface area contributed by atoms with E-state index >= 15 is 0 Å². The van der Waals surface area contributed by atoms with Crippen molar-refractivity contribution in [2.45, 2.75) is 37.9 Å². The third kappa shape index (κ3) is 10.2. The van der Waals surface area contributed by atoms with Crippen molar-refractivity contribution >= 4 is 40.6 Å². The summed E-state index contributed by atoms with van der Waals surface area (Å²) in [6.07, 6.45) is 3.17. The molecule has 3 N–H and O–H groups in total. The van der Waals surface area contributed by atoms with Gasteiger partial charge in [-0.25, -0.2) is 19.9 Å². The van der Waals surface area contributed by atoms with Gasteiger partial charge in [0, 0.05) is 36.3 Å². The van der Waals surface area contributed by atoms with Crippen LogP contribution in [0.2, 0.25) is 15.5 Å². The van der Waals surface area contributed by atoms with Crippen LogP contribution in [0.15, 0.2) is 72.8 Å². The highest BCUT2D eigenvalue weighted by Crippen LogP contribution is 2.25. The molecule has 0 aliphatic carbocycles. The number of hydrogen-bond donors (Lipinski definition) is 3. The lowest BCUT2D eigenvalue weighted by Gasteiger charge is -2.30. The number of anilines is 1. The summed E-state index contributed by atoms with van der Waals surface area (Å²) in [6, 6.07) is 22.7. The number of aliphatic hydroxyl groups is 2. The summed E-state index contributed by atoms with van der Waals surface area (Å²) in [6.45, 7) is 3.56. The van der Waals surface area contributed by atoms with Gasteiger partial charge < -0.3 is 20.4 Å². The van der Waals surface area contributed by atoms with Crippen molar-refractivity contribution in [1.82, 2.24) is 25.3 Å². The molecule has 2 aromatic heterocycles. The maximum Gasteiger partial charge on any atom is 0.163 e. The van der Waals surface area contributed by atoms with Crippen molar-refractivity contribution in [3.8, 4) is 22.8 Å². The minimum atomic E-state index is -0.197. The lowest BCUT2D eigenvalue weighted by molar-refractivity contribution is 0.137. The third-order valence-electron chi connectivity index (χ3n) is 6.51. The zero-order chi connectivity index (χ0) is 29.0. The molecule has 0 amide bonds. The fourth-order valence-electron chi connectivity index (χ4n) is 4.29. The molecule has 216 valence electrons. The summed E-state index contributed by atoms with van der Waals surface area (Å²) in [7, 11) is 0. The Kier molecular flexibility index (Phi) is 12.1. The van der Waals surface area contributed by atoms with Crippen molar-refractivity contribution in [1.29, 1.82) is 0 Å². The van der Waals surface area contributed by atoms with E-state index in [0.29, 0.717) is 27.1 Å². The smallest absolute Gasteiger partial charge is 0.163 e. The van der Waals surface area contributed by atoms with Crippen LogP contribution in [-0.4, -0.2) is 68.5 Å². The highest BCUT2D eigenvalue weighted by atomic mass is 35.5. The molecule has 2 fully saturated rings. The van der Waals surface area contributed by atoms with E-state index in [-0.39, 0.29) is 12.2 Å². The normalized spacial score (nSPS) is 15.8. The quantitative estimate of drug-likeness (QED) is 0.243. The molecular formula is C30H33Cl3N6O2. The molecule has 0 spiro atoms. The van der Waals surface area contributed by atoms with E-state index in [2.05, 4.69) is 30.2 Å². The molecular weight excluding hydrogens is 583 g/mol. The molecule has 2 aliphatic heterocycles. The second kappa shape index (κ2) is 16.0. The van der Waals surface area contributed by atoms with Crippen molar-refractivity contribution in [2.75, 3.05) is 31.1 Å². The van der Waals surface area contributed by atoms with Crippen LogP contribution in [0.1, 0.15) is 25.7 Å². The average Bonchev–Trinajstić information content (AvgIpc) is 2.99. The molecule has 6 rings (SSSR count). The fraction of sp³-hybridized carbons (Fsp3) is 0.333. The van der Waals surface area contributed by atoms with E-state index < -0.39 is 0 Å². The predicted molar refractivity (Wildman–Crippen MR) is 166 cm³/mol. The molecule has 0 bridgehead atoms. The lowest BCUT2D eigenvalue weighted by atomic mass is 10.1. The summed E-state index contributed by atoms with van der Waals surface area (Å²) in [5.41, 5.74) is 1.85. The topological polar surface area (TPSA) is 107 Å². The second-order valence-corrected chi connectivity index (χ2v) is 10.8. The summed E-state index contributed by atoms with van der Waals surface area (Å²) in [4.78, 5) is 19.2. The number of hydrogen-bond acceptors (Lipinski definition) is 8. The Bertz CT molecular complexity index is 1330. The Balaban J connectivity index is 0.000000159. The van der Waals surface area contributed by atoms with Crippen LogP contribution in [0.3, 0.4) is 0 Å². The van der Waals surface area contributed by atoms with Gasteiger partial charge in [-0.15, -0.1) is 0 Å². The first kappa shape index (κ1) is 31.1. The number of rotatable bonds is 3. The van der Waals surface area contributed by atoms with Crippen LogP contribution in [0.4, 0.5) is 5.82 Å². The highest BCUT2D eigenvalue weighted by molar-refractivity contribution is 6.33. The van der Waals surface area contributed by atoms with E-state index in [4.69, 9.17) is 39.9 Å². The minimum Gasteiger partial charge on any atom is -0.393 e. The highest BCUT2D eigenvalue weighted by Gasteiger charge is 2.19. The monoisotopic (exact) mass is 614 g/mol. The average molecular weight is 616 g/mol. The number of aromatic nitrogens is 4. The first-order valence-electron chi connectivity index (χ1n) is 13.5. The number of halogens is 3. The van der Waals surface area contributed by atoms with E-state index in [1.165, 1.54) is 6.07 Å². The first-order valence-corrected chi connectivity index (χ1v) is 14.7. The van der Waals surface area contributed by atoms with Gasteiger partial charge in [-0.2, -0.15) is 0 Å². The molecule has 4 heterocycles. The van der Waals surface area contributed by atoms with Gasteiger partial charge in [-0.3, -0.25) is 0 Å². The van der Waals surface area contributed by atoms with Gasteiger partial charge in [0.15, 0.2) is 11.6 Å². The summed E-state index contributed by atoms with van der Waals surface area (Å²) in [5.74, 6) is 2.01. The molecule has 0 saturated carbocycles. The maximum atomic E-state index is 9.58. The maximum absolute atomic E-state index is 9.58. The van der Waals surface area contributed by atoms with Gasteiger partial charge in [-0.05, 0) is 38.8 Å². The van der Waals surface area contributed by atoms with Gasteiger partial charge in [-0.1, -0.05) is 95.5 Å². The van der Waals surface area contributed by atoms with E-state index in [1.807, 2.05) is 60.7 Å². The number of nitrogens with one attached hydrogen (secondary N) is 1. The largest absolute Gasteiger partial charge is 0.393 e. The van der Waals surface area contributed by atoms with Gasteiger partial charge in [0.05, 0.1) is 12.2 Å². The standard InChI is InChI=1S/C15H16ClN3O.C10H6Cl2N2.C5H11NO/c16-13-10-14(19-8-6-12(20)7-9-19)18-15(17-13)11-4-2-1-3-5-11;11-8-6-9(12)14-10(13-8)7-4-2-1-3-5-7;7-5-1-3-6-4-2-5/h1-5,10,12,20H,6-9H2;1-6H;5-7H,1-4H2. The molecule has 2 aromatic carbocycles. The molecule has 0 radical (unpaired) electrons. The van der Waals surface area contributed by atoms with Crippen molar-refractivity contribution in [3.05, 3.63) is 88.3 Å². The van der Waals surface area contributed by atoms with Crippen molar-refractivity contribution in [2.24, 2.45) is 0 Å². The molecule has 8 nitrogen and oxygen atoms in total. The molecule has 0 atom stereocenters. The number of aliphatic hydroxyl groups excluding tert-OH is 2. The van der Waals surface area contributed by atoms with Gasteiger partial charge in [0.25, 0.3) is 0 Å². The zero-order valence-corrected chi connectivity index (χ0v) is 24.8. The Hall–Kier alpha value is -2.85. The Morgan fingerprint density at radius 1 is 0.610 bits per heavy atom. The Morgan fingerprint density at radius 3 is 1.51 bits per heavy atom. The molecule has 2 saturated heterocycles. The van der Waals surface area contributed by atoms with Crippen LogP contribution in [0, 0.1) is 0 Å². The molecule has 2 aliphatic rings. The van der Waals surface area contributed by atoms with Crippen LogP contribution in [0.5, 0.6) is 0 Å². The third-order valence-corrected chi connectivity index (χ3v) is 7.09. The number of piperidine rings is 2.